The van der Waals surface area contributed by atoms with E-state index in [0.717, 1.165) is 12.8 Å². The van der Waals surface area contributed by atoms with Crippen molar-refractivity contribution in [3.8, 4) is 0 Å². The maximum atomic E-state index is 13.2. The average Bonchev–Trinajstić information content (AvgIpc) is 2.96. The van der Waals surface area contributed by atoms with Crippen LogP contribution >= 0.6 is 0 Å². The minimum Gasteiger partial charge on any atom is -0.376 e. The second kappa shape index (κ2) is 7.63. The third-order valence-corrected chi connectivity index (χ3v) is 3.44. The van der Waals surface area contributed by atoms with Crippen LogP contribution in [0.4, 0.5) is 22.4 Å². The molecule has 2 rings (SSSR count). The number of rotatable bonds is 5. The number of urea groups is 1. The molecule has 2 amide bonds. The van der Waals surface area contributed by atoms with Gasteiger partial charge < -0.3 is 15.0 Å². The first kappa shape index (κ1) is 17.5. The molecule has 8 heteroatoms. The van der Waals surface area contributed by atoms with E-state index < -0.39 is 24.6 Å². The average molecular weight is 334 g/mol. The van der Waals surface area contributed by atoms with Crippen LogP contribution in [0.1, 0.15) is 18.4 Å². The summed E-state index contributed by atoms with van der Waals surface area (Å²) in [5.41, 5.74) is 0.505. The van der Waals surface area contributed by atoms with Crippen molar-refractivity contribution in [2.75, 3.05) is 19.7 Å². The maximum Gasteiger partial charge on any atom is 0.405 e. The Morgan fingerprint density at radius 2 is 2.17 bits per heavy atom. The molecule has 1 fully saturated rings. The van der Waals surface area contributed by atoms with E-state index in [-0.39, 0.29) is 19.2 Å². The lowest BCUT2D eigenvalue weighted by Gasteiger charge is -2.26. The van der Waals surface area contributed by atoms with Gasteiger partial charge in [0.2, 0.25) is 0 Å². The van der Waals surface area contributed by atoms with E-state index in [1.807, 2.05) is 5.32 Å². The lowest BCUT2D eigenvalue weighted by Crippen LogP contribution is -2.46. The van der Waals surface area contributed by atoms with Gasteiger partial charge in [0, 0.05) is 19.7 Å². The zero-order valence-electron chi connectivity index (χ0n) is 12.4. The lowest BCUT2D eigenvalue weighted by molar-refractivity contribution is -0.123. The van der Waals surface area contributed by atoms with Crippen LogP contribution in [0.15, 0.2) is 24.3 Å². The SMILES string of the molecule is O=C(NCC(F)(F)F)N(Cc1cccc(F)c1)C[C@H]1CCCO1. The minimum absolute atomic E-state index is 0.0152. The van der Waals surface area contributed by atoms with E-state index in [1.165, 1.54) is 23.1 Å². The van der Waals surface area contributed by atoms with E-state index in [4.69, 9.17) is 4.74 Å². The Bertz CT molecular complexity index is 530. The van der Waals surface area contributed by atoms with Gasteiger partial charge in [-0.2, -0.15) is 13.2 Å². The predicted molar refractivity (Wildman–Crippen MR) is 75.2 cm³/mol. The van der Waals surface area contributed by atoms with E-state index in [9.17, 15) is 22.4 Å². The second-order valence-corrected chi connectivity index (χ2v) is 5.42. The fraction of sp³-hybridized carbons (Fsp3) is 0.533. The number of hydrogen-bond donors (Lipinski definition) is 1. The molecule has 1 saturated heterocycles. The Labute approximate surface area is 131 Å². The quantitative estimate of drug-likeness (QED) is 0.841. The van der Waals surface area contributed by atoms with Gasteiger partial charge in [-0.05, 0) is 30.5 Å². The summed E-state index contributed by atoms with van der Waals surface area (Å²) in [5.74, 6) is -0.463. The normalized spacial score (nSPS) is 18.0. The van der Waals surface area contributed by atoms with Gasteiger partial charge in [-0.25, -0.2) is 9.18 Å². The molecule has 1 N–H and O–H groups in total. The standard InChI is InChI=1S/C15H18F4N2O2/c16-12-4-1-3-11(7-12)8-21(9-13-5-2-6-23-13)14(22)20-10-15(17,18)19/h1,3-4,7,13H,2,5-6,8-10H2,(H,20,22)/t13-/m1/s1. The monoisotopic (exact) mass is 334 g/mol. The van der Waals surface area contributed by atoms with Gasteiger partial charge >= 0.3 is 12.2 Å². The van der Waals surface area contributed by atoms with Crippen LogP contribution in [0.2, 0.25) is 0 Å². The number of nitrogens with zero attached hydrogens (tertiary/aromatic N) is 1. The number of carbonyl (C=O) groups excluding carboxylic acids is 1. The Balaban J connectivity index is 2.02. The summed E-state index contributed by atoms with van der Waals surface area (Å²) >= 11 is 0. The molecule has 0 unspecified atom stereocenters. The number of nitrogens with one attached hydrogen (secondary N) is 1. The molecule has 0 spiro atoms. The van der Waals surface area contributed by atoms with E-state index >= 15 is 0 Å². The molecule has 128 valence electrons. The van der Waals surface area contributed by atoms with Gasteiger partial charge in [0.15, 0.2) is 0 Å². The van der Waals surface area contributed by atoms with Crippen molar-refractivity contribution in [3.05, 3.63) is 35.6 Å². The smallest absolute Gasteiger partial charge is 0.376 e. The predicted octanol–water partition coefficient (Wildman–Crippen LogP) is 3.08. The van der Waals surface area contributed by atoms with Crippen molar-refractivity contribution in [1.29, 1.82) is 0 Å². The van der Waals surface area contributed by atoms with Crippen molar-refractivity contribution in [1.82, 2.24) is 10.2 Å². The third-order valence-electron chi connectivity index (χ3n) is 3.44. The van der Waals surface area contributed by atoms with Gasteiger partial charge in [-0.15, -0.1) is 0 Å². The van der Waals surface area contributed by atoms with Gasteiger partial charge in [-0.3, -0.25) is 0 Å². The number of amides is 2. The summed E-state index contributed by atoms with van der Waals surface area (Å²) in [5, 5.41) is 1.84. The molecule has 1 heterocycles. The summed E-state index contributed by atoms with van der Waals surface area (Å²) in [6.45, 7) is -0.652. The molecule has 4 nitrogen and oxygen atoms in total. The highest BCUT2D eigenvalue weighted by Crippen LogP contribution is 2.17. The second-order valence-electron chi connectivity index (χ2n) is 5.42. The van der Waals surface area contributed by atoms with Crippen LogP contribution in [0.25, 0.3) is 0 Å². The lowest BCUT2D eigenvalue weighted by atomic mass is 10.2. The fourth-order valence-corrected chi connectivity index (χ4v) is 2.40. The molecule has 23 heavy (non-hydrogen) atoms. The fourth-order valence-electron chi connectivity index (χ4n) is 2.40. The van der Waals surface area contributed by atoms with E-state index in [1.54, 1.807) is 6.07 Å². The molecule has 1 atom stereocenters. The third kappa shape index (κ3) is 6.05. The molecule has 1 aromatic carbocycles. The molecule has 0 aliphatic carbocycles. The highest BCUT2D eigenvalue weighted by molar-refractivity contribution is 5.74. The highest BCUT2D eigenvalue weighted by Gasteiger charge is 2.30. The first-order valence-corrected chi connectivity index (χ1v) is 7.29. The summed E-state index contributed by atoms with van der Waals surface area (Å²) in [7, 11) is 0. The Morgan fingerprint density at radius 3 is 2.78 bits per heavy atom. The number of benzene rings is 1. The van der Waals surface area contributed by atoms with Crippen molar-refractivity contribution in [2.24, 2.45) is 0 Å². The highest BCUT2D eigenvalue weighted by atomic mass is 19.4. The van der Waals surface area contributed by atoms with E-state index in [0.29, 0.717) is 12.2 Å². The molecule has 0 bridgehead atoms. The number of ether oxygens (including phenoxy) is 1. The Kier molecular flexibility index (Phi) is 5.81. The molecule has 0 saturated carbocycles. The van der Waals surface area contributed by atoms with Crippen LogP contribution in [-0.2, 0) is 11.3 Å². The van der Waals surface area contributed by atoms with Gasteiger partial charge in [-0.1, -0.05) is 12.1 Å². The van der Waals surface area contributed by atoms with Gasteiger partial charge in [0.1, 0.15) is 12.4 Å². The van der Waals surface area contributed by atoms with E-state index in [2.05, 4.69) is 0 Å². The molecule has 1 aromatic rings. The van der Waals surface area contributed by atoms with Crippen LogP contribution in [0, 0.1) is 5.82 Å². The van der Waals surface area contributed by atoms with Crippen molar-refractivity contribution < 1.29 is 27.1 Å². The molecule has 1 aliphatic rings. The minimum atomic E-state index is -4.48. The largest absolute Gasteiger partial charge is 0.405 e. The number of hydrogen-bond acceptors (Lipinski definition) is 2. The zero-order valence-corrected chi connectivity index (χ0v) is 12.4. The van der Waals surface area contributed by atoms with Crippen molar-refractivity contribution >= 4 is 6.03 Å². The molecular formula is C15H18F4N2O2. The summed E-state index contributed by atoms with van der Waals surface area (Å²) in [6.07, 6.45) is -3.10. The maximum absolute atomic E-state index is 13.2. The molecular weight excluding hydrogens is 316 g/mol. The van der Waals surface area contributed by atoms with Crippen LogP contribution in [0.3, 0.4) is 0 Å². The Hall–Kier alpha value is -1.83. The summed E-state index contributed by atoms with van der Waals surface area (Å²) < 4.78 is 55.4. The van der Waals surface area contributed by atoms with Gasteiger partial charge in [0.25, 0.3) is 0 Å². The molecule has 1 aliphatic heterocycles. The Morgan fingerprint density at radius 1 is 1.39 bits per heavy atom. The molecule has 0 radical (unpaired) electrons. The number of alkyl halides is 3. The van der Waals surface area contributed by atoms with Crippen LogP contribution in [0.5, 0.6) is 0 Å². The first-order chi connectivity index (χ1) is 10.8. The van der Waals surface area contributed by atoms with Crippen molar-refractivity contribution in [2.45, 2.75) is 31.7 Å². The topological polar surface area (TPSA) is 41.6 Å². The first-order valence-electron chi connectivity index (χ1n) is 7.29. The van der Waals surface area contributed by atoms with Crippen LogP contribution < -0.4 is 5.32 Å². The van der Waals surface area contributed by atoms with Gasteiger partial charge in [0.05, 0.1) is 6.10 Å². The number of halogens is 4. The summed E-state index contributed by atoms with van der Waals surface area (Å²) in [4.78, 5) is 13.3. The number of carbonyl (C=O) groups is 1. The summed E-state index contributed by atoms with van der Waals surface area (Å²) in [6, 6.07) is 4.77. The van der Waals surface area contributed by atoms with Crippen LogP contribution in [-0.4, -0.2) is 42.9 Å². The zero-order chi connectivity index (χ0) is 16.9. The molecule has 0 aromatic heterocycles. The van der Waals surface area contributed by atoms with Crippen molar-refractivity contribution in [3.63, 3.8) is 0 Å².